The SMILES string of the molecule is CCCNC(CCC(C)C)c1c(Br)cnn1C(C)C. The van der Waals surface area contributed by atoms with Crippen molar-refractivity contribution in [2.24, 2.45) is 5.92 Å². The van der Waals surface area contributed by atoms with E-state index in [1.165, 1.54) is 12.1 Å². The van der Waals surface area contributed by atoms with Gasteiger partial charge in [0.25, 0.3) is 0 Å². The molecule has 0 spiro atoms. The lowest BCUT2D eigenvalue weighted by atomic mass is 10.0. The van der Waals surface area contributed by atoms with Crippen molar-refractivity contribution in [1.82, 2.24) is 15.1 Å². The lowest BCUT2D eigenvalue weighted by molar-refractivity contribution is 0.398. The third kappa shape index (κ3) is 4.92. The quantitative estimate of drug-likeness (QED) is 0.748. The highest BCUT2D eigenvalue weighted by Gasteiger charge is 2.21. The van der Waals surface area contributed by atoms with Crippen LogP contribution in [0.25, 0.3) is 0 Å². The van der Waals surface area contributed by atoms with Crippen molar-refractivity contribution in [3.8, 4) is 0 Å². The van der Waals surface area contributed by atoms with Gasteiger partial charge in [0.15, 0.2) is 0 Å². The van der Waals surface area contributed by atoms with Crippen LogP contribution in [0.4, 0.5) is 0 Å². The molecule has 0 saturated heterocycles. The zero-order valence-electron chi connectivity index (χ0n) is 12.9. The molecule has 0 radical (unpaired) electrons. The minimum absolute atomic E-state index is 0.390. The summed E-state index contributed by atoms with van der Waals surface area (Å²) in [6.07, 6.45) is 5.47. The molecule has 0 amide bonds. The molecule has 110 valence electrons. The summed E-state index contributed by atoms with van der Waals surface area (Å²) in [5, 5.41) is 8.17. The van der Waals surface area contributed by atoms with Gasteiger partial charge in [-0.25, -0.2) is 0 Å². The minimum atomic E-state index is 0.390. The molecule has 0 aliphatic carbocycles. The average molecular weight is 330 g/mol. The number of nitrogens with zero attached hydrogens (tertiary/aromatic N) is 2. The third-order valence-electron chi connectivity index (χ3n) is 3.28. The highest BCUT2D eigenvalue weighted by molar-refractivity contribution is 9.10. The molecule has 0 saturated carbocycles. The fourth-order valence-electron chi connectivity index (χ4n) is 2.24. The van der Waals surface area contributed by atoms with Crippen LogP contribution in [-0.2, 0) is 0 Å². The highest BCUT2D eigenvalue weighted by Crippen LogP contribution is 2.29. The van der Waals surface area contributed by atoms with Crippen molar-refractivity contribution in [2.75, 3.05) is 6.54 Å². The van der Waals surface area contributed by atoms with E-state index in [2.05, 4.69) is 65.6 Å². The zero-order valence-corrected chi connectivity index (χ0v) is 14.5. The van der Waals surface area contributed by atoms with Gasteiger partial charge in [0.2, 0.25) is 0 Å². The molecule has 1 heterocycles. The smallest absolute Gasteiger partial charge is 0.0698 e. The van der Waals surface area contributed by atoms with Crippen LogP contribution in [-0.4, -0.2) is 16.3 Å². The van der Waals surface area contributed by atoms with Gasteiger partial charge in [0.05, 0.1) is 22.4 Å². The molecule has 4 heteroatoms. The standard InChI is InChI=1S/C15H28BrN3/c1-6-9-17-14(8-7-11(2)3)15-13(16)10-18-19(15)12(4)5/h10-12,14,17H,6-9H2,1-5H3. The minimum Gasteiger partial charge on any atom is -0.309 e. The Bertz CT molecular complexity index is 371. The van der Waals surface area contributed by atoms with Crippen LogP contribution in [0.2, 0.25) is 0 Å². The normalized spacial score (nSPS) is 13.5. The summed E-state index contributed by atoms with van der Waals surface area (Å²) in [7, 11) is 0. The lowest BCUT2D eigenvalue weighted by Crippen LogP contribution is -2.26. The summed E-state index contributed by atoms with van der Waals surface area (Å²) in [6.45, 7) is 12.2. The number of aromatic nitrogens is 2. The summed E-state index contributed by atoms with van der Waals surface area (Å²) < 4.78 is 3.26. The van der Waals surface area contributed by atoms with Crippen LogP contribution < -0.4 is 5.32 Å². The average Bonchev–Trinajstić information content (AvgIpc) is 2.71. The maximum absolute atomic E-state index is 4.50. The van der Waals surface area contributed by atoms with E-state index in [0.717, 1.165) is 29.8 Å². The summed E-state index contributed by atoms with van der Waals surface area (Å²) in [5.41, 5.74) is 1.30. The fourth-order valence-corrected chi connectivity index (χ4v) is 2.79. The van der Waals surface area contributed by atoms with E-state index in [9.17, 15) is 0 Å². The Morgan fingerprint density at radius 2 is 1.95 bits per heavy atom. The van der Waals surface area contributed by atoms with Crippen LogP contribution in [0.15, 0.2) is 10.7 Å². The second kappa shape index (κ2) is 8.05. The van der Waals surface area contributed by atoms with E-state index in [1.807, 2.05) is 6.20 Å². The third-order valence-corrected chi connectivity index (χ3v) is 3.89. The van der Waals surface area contributed by atoms with Crippen LogP contribution in [0, 0.1) is 5.92 Å². The van der Waals surface area contributed by atoms with Crippen LogP contribution >= 0.6 is 15.9 Å². The van der Waals surface area contributed by atoms with Gasteiger partial charge >= 0.3 is 0 Å². The molecule has 1 atom stereocenters. The first kappa shape index (κ1) is 16.7. The van der Waals surface area contributed by atoms with Crippen LogP contribution in [0.3, 0.4) is 0 Å². The van der Waals surface area contributed by atoms with Gasteiger partial charge < -0.3 is 5.32 Å². The van der Waals surface area contributed by atoms with Gasteiger partial charge in [-0.05, 0) is 61.5 Å². The van der Waals surface area contributed by atoms with Gasteiger partial charge in [0, 0.05) is 6.04 Å². The first-order chi connectivity index (χ1) is 8.97. The molecule has 1 aromatic rings. The summed E-state index contributed by atoms with van der Waals surface area (Å²) in [5.74, 6) is 0.736. The zero-order chi connectivity index (χ0) is 14.4. The second-order valence-corrected chi connectivity index (χ2v) is 6.75. The molecule has 3 nitrogen and oxygen atoms in total. The lowest BCUT2D eigenvalue weighted by Gasteiger charge is -2.23. The molecule has 0 fully saturated rings. The van der Waals surface area contributed by atoms with Crippen molar-refractivity contribution < 1.29 is 0 Å². The molecular weight excluding hydrogens is 302 g/mol. The van der Waals surface area contributed by atoms with Gasteiger partial charge in [-0.3, -0.25) is 4.68 Å². The Labute approximate surface area is 126 Å². The van der Waals surface area contributed by atoms with Gasteiger partial charge in [-0.1, -0.05) is 20.8 Å². The molecule has 1 unspecified atom stereocenters. The van der Waals surface area contributed by atoms with Crippen molar-refractivity contribution in [1.29, 1.82) is 0 Å². The number of rotatable bonds is 8. The number of nitrogens with one attached hydrogen (secondary N) is 1. The molecule has 0 bridgehead atoms. The van der Waals surface area contributed by atoms with E-state index in [4.69, 9.17) is 0 Å². The molecule has 1 N–H and O–H groups in total. The molecule has 0 aliphatic heterocycles. The van der Waals surface area contributed by atoms with E-state index in [1.54, 1.807) is 0 Å². The van der Waals surface area contributed by atoms with Crippen molar-refractivity contribution in [2.45, 2.75) is 66.0 Å². The first-order valence-corrected chi connectivity index (χ1v) is 8.22. The Morgan fingerprint density at radius 1 is 1.26 bits per heavy atom. The summed E-state index contributed by atoms with van der Waals surface area (Å²) in [6, 6.07) is 0.785. The summed E-state index contributed by atoms with van der Waals surface area (Å²) in [4.78, 5) is 0. The summed E-state index contributed by atoms with van der Waals surface area (Å²) >= 11 is 3.66. The molecule has 1 rings (SSSR count). The molecule has 0 aromatic carbocycles. The Kier molecular flexibility index (Phi) is 7.08. The fraction of sp³-hybridized carbons (Fsp3) is 0.800. The largest absolute Gasteiger partial charge is 0.309 e. The first-order valence-electron chi connectivity index (χ1n) is 7.43. The highest BCUT2D eigenvalue weighted by atomic mass is 79.9. The van der Waals surface area contributed by atoms with Crippen molar-refractivity contribution in [3.63, 3.8) is 0 Å². The maximum atomic E-state index is 4.50. The van der Waals surface area contributed by atoms with Crippen molar-refractivity contribution >= 4 is 15.9 Å². The molecular formula is C15H28BrN3. The predicted octanol–water partition coefficient (Wildman–Crippen LogP) is 4.70. The molecule has 1 aromatic heterocycles. The monoisotopic (exact) mass is 329 g/mol. The number of hydrogen-bond acceptors (Lipinski definition) is 2. The van der Waals surface area contributed by atoms with Gasteiger partial charge in [-0.2, -0.15) is 5.10 Å². The Morgan fingerprint density at radius 3 is 2.47 bits per heavy atom. The number of halogens is 1. The topological polar surface area (TPSA) is 29.9 Å². The second-order valence-electron chi connectivity index (χ2n) is 5.89. The van der Waals surface area contributed by atoms with E-state index < -0.39 is 0 Å². The van der Waals surface area contributed by atoms with E-state index >= 15 is 0 Å². The Hall–Kier alpha value is -0.350. The maximum Gasteiger partial charge on any atom is 0.0698 e. The van der Waals surface area contributed by atoms with Crippen LogP contribution in [0.1, 0.15) is 71.7 Å². The van der Waals surface area contributed by atoms with Gasteiger partial charge in [0.1, 0.15) is 0 Å². The molecule has 0 aliphatic rings. The van der Waals surface area contributed by atoms with Gasteiger partial charge in [-0.15, -0.1) is 0 Å². The number of hydrogen-bond donors (Lipinski definition) is 1. The van der Waals surface area contributed by atoms with E-state index in [0.29, 0.717) is 12.1 Å². The predicted molar refractivity (Wildman–Crippen MR) is 85.4 cm³/mol. The Balaban J connectivity index is 2.91. The van der Waals surface area contributed by atoms with Crippen molar-refractivity contribution in [3.05, 3.63) is 16.4 Å². The molecule has 19 heavy (non-hydrogen) atoms. The van der Waals surface area contributed by atoms with Crippen LogP contribution in [0.5, 0.6) is 0 Å². The van der Waals surface area contributed by atoms with E-state index in [-0.39, 0.29) is 0 Å².